The van der Waals surface area contributed by atoms with Gasteiger partial charge in [0.05, 0.1) is 13.2 Å². The van der Waals surface area contributed by atoms with Crippen LogP contribution in [0.15, 0.2) is 18.2 Å². The van der Waals surface area contributed by atoms with Gasteiger partial charge in [-0.25, -0.2) is 10.3 Å². The Labute approximate surface area is 82.6 Å². The van der Waals surface area contributed by atoms with Crippen molar-refractivity contribution >= 4 is 0 Å². The van der Waals surface area contributed by atoms with E-state index in [1.54, 1.807) is 13.2 Å². The number of hydrogen-bond acceptors (Lipinski definition) is 3. The highest BCUT2D eigenvalue weighted by molar-refractivity contribution is 5.27. The van der Waals surface area contributed by atoms with E-state index in [1.165, 1.54) is 12.1 Å². The van der Waals surface area contributed by atoms with Crippen molar-refractivity contribution in [2.75, 3.05) is 13.7 Å². The third kappa shape index (κ3) is 3.06. The topological polar surface area (TPSA) is 44.5 Å². The van der Waals surface area contributed by atoms with Crippen molar-refractivity contribution in [1.29, 1.82) is 0 Å². The highest BCUT2D eigenvalue weighted by atomic mass is 19.1. The first-order valence-corrected chi connectivity index (χ1v) is 4.36. The summed E-state index contributed by atoms with van der Waals surface area (Å²) in [4.78, 5) is 4.47. The van der Waals surface area contributed by atoms with E-state index < -0.39 is 0 Å². The van der Waals surface area contributed by atoms with Gasteiger partial charge in [-0.3, -0.25) is 0 Å². The number of ether oxygens (including phenoxy) is 1. The molecule has 1 rings (SSSR count). The standard InChI is InChI=1S/C10H14FNO2/c1-13-7-9-6-10(11)3-2-8(9)4-5-14-12/h2-3,6H,4-5,7,12H2,1H3. The Morgan fingerprint density at radius 3 is 2.79 bits per heavy atom. The number of nitrogens with two attached hydrogens (primary N) is 1. The Bertz CT molecular complexity index is 291. The molecule has 0 heterocycles. The van der Waals surface area contributed by atoms with Crippen molar-refractivity contribution in [3.05, 3.63) is 35.1 Å². The van der Waals surface area contributed by atoms with Gasteiger partial charge in [0, 0.05) is 7.11 Å². The summed E-state index contributed by atoms with van der Waals surface area (Å²) in [7, 11) is 1.58. The third-order valence-corrected chi connectivity index (χ3v) is 1.96. The van der Waals surface area contributed by atoms with Crippen LogP contribution >= 0.6 is 0 Å². The molecule has 78 valence electrons. The normalized spacial score (nSPS) is 10.5. The summed E-state index contributed by atoms with van der Waals surface area (Å²) in [5.41, 5.74) is 1.84. The Hall–Kier alpha value is -0.970. The minimum Gasteiger partial charge on any atom is -0.380 e. The lowest BCUT2D eigenvalue weighted by Gasteiger charge is -2.08. The van der Waals surface area contributed by atoms with Crippen LogP contribution in [0.5, 0.6) is 0 Å². The van der Waals surface area contributed by atoms with Gasteiger partial charge in [0.2, 0.25) is 0 Å². The molecule has 1 aromatic rings. The largest absolute Gasteiger partial charge is 0.380 e. The number of benzene rings is 1. The molecule has 0 bridgehead atoms. The number of rotatable bonds is 5. The fourth-order valence-corrected chi connectivity index (χ4v) is 1.30. The first-order chi connectivity index (χ1) is 6.77. The number of methoxy groups -OCH3 is 1. The predicted octanol–water partition coefficient (Wildman–Crippen LogP) is 1.40. The van der Waals surface area contributed by atoms with Crippen LogP contribution in [-0.4, -0.2) is 13.7 Å². The molecule has 2 N–H and O–H groups in total. The van der Waals surface area contributed by atoms with Crippen molar-refractivity contribution in [2.24, 2.45) is 5.90 Å². The average molecular weight is 199 g/mol. The van der Waals surface area contributed by atoms with Gasteiger partial charge in [0.1, 0.15) is 5.82 Å². The van der Waals surface area contributed by atoms with Crippen LogP contribution in [0.25, 0.3) is 0 Å². The molecule has 3 nitrogen and oxygen atoms in total. The van der Waals surface area contributed by atoms with E-state index in [1.807, 2.05) is 0 Å². The Kier molecular flexibility index (Phi) is 4.52. The second-order valence-electron chi connectivity index (χ2n) is 2.97. The lowest BCUT2D eigenvalue weighted by Crippen LogP contribution is -2.06. The van der Waals surface area contributed by atoms with Gasteiger partial charge in [-0.1, -0.05) is 6.07 Å². The highest BCUT2D eigenvalue weighted by Crippen LogP contribution is 2.13. The molecule has 0 aromatic heterocycles. The molecule has 0 fully saturated rings. The molecule has 0 aliphatic rings. The van der Waals surface area contributed by atoms with Crippen molar-refractivity contribution in [2.45, 2.75) is 13.0 Å². The summed E-state index contributed by atoms with van der Waals surface area (Å²) in [5.74, 6) is 4.67. The molecule has 4 heteroatoms. The van der Waals surface area contributed by atoms with Crippen molar-refractivity contribution in [3.8, 4) is 0 Å². The Morgan fingerprint density at radius 1 is 1.36 bits per heavy atom. The molecule has 0 spiro atoms. The minimum atomic E-state index is -0.255. The Morgan fingerprint density at radius 2 is 2.14 bits per heavy atom. The maximum Gasteiger partial charge on any atom is 0.123 e. The first-order valence-electron chi connectivity index (χ1n) is 4.36. The minimum absolute atomic E-state index is 0.255. The van der Waals surface area contributed by atoms with Crippen LogP contribution in [0.1, 0.15) is 11.1 Å². The average Bonchev–Trinajstić information content (AvgIpc) is 2.17. The van der Waals surface area contributed by atoms with E-state index in [4.69, 9.17) is 10.6 Å². The number of halogens is 1. The van der Waals surface area contributed by atoms with Crippen LogP contribution in [0.4, 0.5) is 4.39 Å². The van der Waals surface area contributed by atoms with Crippen LogP contribution < -0.4 is 5.90 Å². The smallest absolute Gasteiger partial charge is 0.123 e. The summed E-state index contributed by atoms with van der Waals surface area (Å²) < 4.78 is 17.8. The summed E-state index contributed by atoms with van der Waals surface area (Å²) in [6.07, 6.45) is 0.662. The van der Waals surface area contributed by atoms with Crippen molar-refractivity contribution in [1.82, 2.24) is 0 Å². The van der Waals surface area contributed by atoms with Gasteiger partial charge in [0.25, 0.3) is 0 Å². The molecule has 0 aliphatic carbocycles. The molecule has 0 saturated carbocycles. The fourth-order valence-electron chi connectivity index (χ4n) is 1.30. The van der Waals surface area contributed by atoms with Crippen LogP contribution in [0, 0.1) is 5.82 Å². The second kappa shape index (κ2) is 5.70. The molecule has 1 aromatic carbocycles. The summed E-state index contributed by atoms with van der Waals surface area (Å²) in [5, 5.41) is 0. The molecule has 0 saturated heterocycles. The van der Waals surface area contributed by atoms with Crippen molar-refractivity contribution in [3.63, 3.8) is 0 Å². The van der Waals surface area contributed by atoms with Gasteiger partial charge in [0.15, 0.2) is 0 Å². The van der Waals surface area contributed by atoms with Gasteiger partial charge in [-0.15, -0.1) is 0 Å². The monoisotopic (exact) mass is 199 g/mol. The van der Waals surface area contributed by atoms with E-state index in [9.17, 15) is 4.39 Å². The zero-order valence-electron chi connectivity index (χ0n) is 8.13. The number of hydrogen-bond donors (Lipinski definition) is 1. The highest BCUT2D eigenvalue weighted by Gasteiger charge is 2.03. The van der Waals surface area contributed by atoms with E-state index in [0.29, 0.717) is 19.6 Å². The lowest BCUT2D eigenvalue weighted by atomic mass is 10.1. The maximum atomic E-state index is 12.9. The van der Waals surface area contributed by atoms with Crippen LogP contribution in [-0.2, 0) is 22.6 Å². The SMILES string of the molecule is COCc1cc(F)ccc1CCON. The molecule has 0 aliphatic heterocycles. The van der Waals surface area contributed by atoms with Gasteiger partial charge in [-0.2, -0.15) is 0 Å². The molecule has 14 heavy (non-hydrogen) atoms. The van der Waals surface area contributed by atoms with E-state index >= 15 is 0 Å². The van der Waals surface area contributed by atoms with Gasteiger partial charge >= 0.3 is 0 Å². The van der Waals surface area contributed by atoms with Gasteiger partial charge in [-0.05, 0) is 29.7 Å². The quantitative estimate of drug-likeness (QED) is 0.729. The van der Waals surface area contributed by atoms with Crippen molar-refractivity contribution < 1.29 is 14.0 Å². The molecular weight excluding hydrogens is 185 g/mol. The predicted molar refractivity (Wildman–Crippen MR) is 51.0 cm³/mol. The summed E-state index contributed by atoms with van der Waals surface area (Å²) in [6.45, 7) is 0.819. The fraction of sp³-hybridized carbons (Fsp3) is 0.400. The molecule has 0 radical (unpaired) electrons. The van der Waals surface area contributed by atoms with E-state index in [2.05, 4.69) is 4.84 Å². The van der Waals surface area contributed by atoms with Crippen LogP contribution in [0.3, 0.4) is 0 Å². The molecule has 0 amide bonds. The summed E-state index contributed by atoms with van der Waals surface area (Å²) >= 11 is 0. The zero-order valence-corrected chi connectivity index (χ0v) is 8.13. The second-order valence-corrected chi connectivity index (χ2v) is 2.97. The van der Waals surface area contributed by atoms with Gasteiger partial charge < -0.3 is 9.57 Å². The lowest BCUT2D eigenvalue weighted by molar-refractivity contribution is 0.140. The molecule has 0 atom stereocenters. The third-order valence-electron chi connectivity index (χ3n) is 1.96. The van der Waals surface area contributed by atoms with E-state index in [-0.39, 0.29) is 5.82 Å². The zero-order chi connectivity index (χ0) is 10.4. The maximum absolute atomic E-state index is 12.9. The first kappa shape index (κ1) is 11.1. The Balaban J connectivity index is 2.78. The summed E-state index contributed by atoms with van der Waals surface area (Å²) in [6, 6.07) is 4.61. The molecule has 0 unspecified atom stereocenters. The van der Waals surface area contributed by atoms with E-state index in [0.717, 1.165) is 11.1 Å². The van der Waals surface area contributed by atoms with Crippen LogP contribution in [0.2, 0.25) is 0 Å². The molecular formula is C10H14FNO2.